The molecule has 0 amide bonds. The molecule has 2 heterocycles. The third-order valence-electron chi connectivity index (χ3n) is 5.60. The average Bonchev–Trinajstić information content (AvgIpc) is 2.73. The Labute approximate surface area is 169 Å². The fourth-order valence-electron chi connectivity index (χ4n) is 3.70. The van der Waals surface area contributed by atoms with E-state index in [1.807, 2.05) is 30.3 Å². The Hall–Kier alpha value is -1.14. The van der Waals surface area contributed by atoms with Crippen LogP contribution in [0.4, 0.5) is 0 Å². The standard InChI is InChI=1S/C20H30O9/c1-10-14(21)17(24)19(26)20(28-10)27-9-13-16(23)18(25)15(22)12(29-13)8-7-11-5-3-2-4-6-11/h2-6,10,12-26H,7-9H2,1H3/t10-,12+,13+,14+,15+,16-,17-,18-,19-,20-/m1/s1. The van der Waals surface area contributed by atoms with Crippen molar-refractivity contribution < 1.29 is 44.8 Å². The number of hydrogen-bond donors (Lipinski definition) is 6. The predicted octanol–water partition coefficient (Wildman–Crippen LogP) is -1.69. The molecule has 164 valence electrons. The zero-order chi connectivity index (χ0) is 21.1. The van der Waals surface area contributed by atoms with E-state index in [2.05, 4.69) is 0 Å². The van der Waals surface area contributed by atoms with Gasteiger partial charge in [0.2, 0.25) is 0 Å². The second-order valence-electron chi connectivity index (χ2n) is 7.72. The first kappa shape index (κ1) is 22.5. The second kappa shape index (κ2) is 9.78. The van der Waals surface area contributed by atoms with E-state index >= 15 is 0 Å². The third kappa shape index (κ3) is 5.13. The Morgan fingerprint density at radius 3 is 2.07 bits per heavy atom. The molecule has 0 bridgehead atoms. The van der Waals surface area contributed by atoms with Gasteiger partial charge in [0.15, 0.2) is 6.29 Å². The number of rotatable bonds is 6. The lowest BCUT2D eigenvalue weighted by Crippen LogP contribution is -2.60. The van der Waals surface area contributed by atoms with Crippen molar-refractivity contribution in [2.75, 3.05) is 6.61 Å². The topological polar surface area (TPSA) is 149 Å². The molecule has 6 N–H and O–H groups in total. The number of aliphatic hydroxyl groups excluding tert-OH is 6. The molecule has 2 saturated heterocycles. The van der Waals surface area contributed by atoms with Crippen LogP contribution in [0, 0.1) is 0 Å². The van der Waals surface area contributed by atoms with Gasteiger partial charge in [-0.05, 0) is 25.3 Å². The second-order valence-corrected chi connectivity index (χ2v) is 7.72. The zero-order valence-corrected chi connectivity index (χ0v) is 16.2. The van der Waals surface area contributed by atoms with Gasteiger partial charge in [0, 0.05) is 0 Å². The number of benzene rings is 1. The zero-order valence-electron chi connectivity index (χ0n) is 16.2. The van der Waals surface area contributed by atoms with Crippen molar-refractivity contribution in [3.8, 4) is 0 Å². The van der Waals surface area contributed by atoms with Crippen molar-refractivity contribution in [2.45, 2.75) is 81.0 Å². The Bertz CT molecular complexity index is 630. The van der Waals surface area contributed by atoms with Crippen LogP contribution in [-0.4, -0.2) is 98.5 Å². The lowest BCUT2D eigenvalue weighted by Gasteiger charge is -2.42. The maximum Gasteiger partial charge on any atom is 0.186 e. The van der Waals surface area contributed by atoms with Crippen LogP contribution in [0.25, 0.3) is 0 Å². The van der Waals surface area contributed by atoms with Crippen LogP contribution in [0.1, 0.15) is 18.9 Å². The molecule has 0 saturated carbocycles. The molecule has 0 radical (unpaired) electrons. The highest BCUT2D eigenvalue weighted by molar-refractivity contribution is 5.15. The largest absolute Gasteiger partial charge is 0.388 e. The summed E-state index contributed by atoms with van der Waals surface area (Å²) in [5, 5.41) is 60.3. The summed E-state index contributed by atoms with van der Waals surface area (Å²) in [6, 6.07) is 9.62. The molecule has 10 atom stereocenters. The van der Waals surface area contributed by atoms with E-state index in [4.69, 9.17) is 14.2 Å². The molecule has 0 aromatic heterocycles. The summed E-state index contributed by atoms with van der Waals surface area (Å²) in [6.45, 7) is 1.28. The van der Waals surface area contributed by atoms with E-state index in [9.17, 15) is 30.6 Å². The quantitative estimate of drug-likeness (QED) is 0.321. The van der Waals surface area contributed by atoms with Gasteiger partial charge in [-0.3, -0.25) is 0 Å². The smallest absolute Gasteiger partial charge is 0.186 e. The van der Waals surface area contributed by atoms with Crippen LogP contribution >= 0.6 is 0 Å². The van der Waals surface area contributed by atoms with Crippen molar-refractivity contribution in [2.24, 2.45) is 0 Å². The summed E-state index contributed by atoms with van der Waals surface area (Å²) >= 11 is 0. The van der Waals surface area contributed by atoms with E-state index < -0.39 is 61.2 Å². The van der Waals surface area contributed by atoms with Gasteiger partial charge < -0.3 is 44.8 Å². The number of hydrogen-bond acceptors (Lipinski definition) is 9. The predicted molar refractivity (Wildman–Crippen MR) is 99.8 cm³/mol. The lowest BCUT2D eigenvalue weighted by atomic mass is 9.92. The molecule has 2 fully saturated rings. The highest BCUT2D eigenvalue weighted by Crippen LogP contribution is 2.27. The van der Waals surface area contributed by atoms with Crippen molar-refractivity contribution >= 4 is 0 Å². The summed E-state index contributed by atoms with van der Waals surface area (Å²) in [4.78, 5) is 0. The summed E-state index contributed by atoms with van der Waals surface area (Å²) < 4.78 is 16.6. The Morgan fingerprint density at radius 2 is 1.38 bits per heavy atom. The van der Waals surface area contributed by atoms with Crippen LogP contribution < -0.4 is 0 Å². The van der Waals surface area contributed by atoms with Crippen LogP contribution in [0.5, 0.6) is 0 Å². The Balaban J connectivity index is 1.58. The molecular formula is C20H30O9. The van der Waals surface area contributed by atoms with Crippen LogP contribution in [0.2, 0.25) is 0 Å². The highest BCUT2D eigenvalue weighted by atomic mass is 16.7. The number of ether oxygens (including phenoxy) is 3. The molecule has 9 heteroatoms. The molecule has 1 aromatic carbocycles. The SMILES string of the molecule is C[C@H]1O[C@@H](OC[C@@H]2O[C@@H](CCc3ccccc3)[C@H](O)[C@@H](O)[C@@H]2O)[C@H](O)[C@H](O)[C@H]1O. The molecular weight excluding hydrogens is 384 g/mol. The molecule has 29 heavy (non-hydrogen) atoms. The molecule has 0 unspecified atom stereocenters. The molecule has 2 aliphatic heterocycles. The summed E-state index contributed by atoms with van der Waals surface area (Å²) in [5.74, 6) is 0. The number of aryl methyl sites for hydroxylation is 1. The maximum absolute atomic E-state index is 10.3. The Kier molecular flexibility index (Phi) is 7.60. The van der Waals surface area contributed by atoms with Gasteiger partial charge in [0.05, 0.1) is 18.8 Å². The molecule has 1 aromatic rings. The summed E-state index contributed by atoms with van der Waals surface area (Å²) in [5.41, 5.74) is 1.05. The fraction of sp³-hybridized carbons (Fsp3) is 0.700. The first-order valence-corrected chi connectivity index (χ1v) is 9.84. The van der Waals surface area contributed by atoms with Gasteiger partial charge >= 0.3 is 0 Å². The molecule has 3 rings (SSSR count). The first-order valence-electron chi connectivity index (χ1n) is 9.84. The van der Waals surface area contributed by atoms with Gasteiger partial charge in [-0.15, -0.1) is 0 Å². The first-order chi connectivity index (χ1) is 13.8. The van der Waals surface area contributed by atoms with E-state index in [1.54, 1.807) is 0 Å². The minimum atomic E-state index is -1.48. The normalized spacial score (nSPS) is 43.3. The van der Waals surface area contributed by atoms with Crippen LogP contribution in [-0.2, 0) is 20.6 Å². The molecule has 0 spiro atoms. The van der Waals surface area contributed by atoms with E-state index in [0.717, 1.165) is 5.56 Å². The molecule has 0 aliphatic carbocycles. The van der Waals surface area contributed by atoms with Crippen molar-refractivity contribution in [3.63, 3.8) is 0 Å². The van der Waals surface area contributed by atoms with E-state index in [1.165, 1.54) is 6.92 Å². The number of aliphatic hydroxyl groups is 6. The van der Waals surface area contributed by atoms with Crippen molar-refractivity contribution in [3.05, 3.63) is 35.9 Å². The van der Waals surface area contributed by atoms with Gasteiger partial charge in [0.1, 0.15) is 42.7 Å². The third-order valence-corrected chi connectivity index (χ3v) is 5.60. The van der Waals surface area contributed by atoms with Crippen LogP contribution in [0.3, 0.4) is 0 Å². The van der Waals surface area contributed by atoms with E-state index in [0.29, 0.717) is 12.8 Å². The molecule has 9 nitrogen and oxygen atoms in total. The van der Waals surface area contributed by atoms with Crippen molar-refractivity contribution in [1.29, 1.82) is 0 Å². The van der Waals surface area contributed by atoms with E-state index in [-0.39, 0.29) is 6.61 Å². The lowest BCUT2D eigenvalue weighted by molar-refractivity contribution is -0.308. The average molecular weight is 414 g/mol. The van der Waals surface area contributed by atoms with Gasteiger partial charge in [0.25, 0.3) is 0 Å². The van der Waals surface area contributed by atoms with Gasteiger partial charge in [-0.1, -0.05) is 30.3 Å². The summed E-state index contributed by atoms with van der Waals surface area (Å²) in [7, 11) is 0. The maximum atomic E-state index is 10.3. The van der Waals surface area contributed by atoms with Gasteiger partial charge in [-0.2, -0.15) is 0 Å². The minimum absolute atomic E-state index is 0.246. The van der Waals surface area contributed by atoms with Gasteiger partial charge in [-0.25, -0.2) is 0 Å². The minimum Gasteiger partial charge on any atom is -0.388 e. The van der Waals surface area contributed by atoms with Crippen LogP contribution in [0.15, 0.2) is 30.3 Å². The monoisotopic (exact) mass is 414 g/mol. The Morgan fingerprint density at radius 1 is 0.759 bits per heavy atom. The summed E-state index contributed by atoms with van der Waals surface area (Å²) in [6.07, 6.45) is -10.9. The molecule has 2 aliphatic rings. The fourth-order valence-corrected chi connectivity index (χ4v) is 3.70. The van der Waals surface area contributed by atoms with Crippen molar-refractivity contribution in [1.82, 2.24) is 0 Å². The highest BCUT2D eigenvalue weighted by Gasteiger charge is 2.46.